The molecule has 0 heterocycles. The van der Waals surface area contributed by atoms with E-state index in [9.17, 15) is 4.39 Å². The van der Waals surface area contributed by atoms with Crippen molar-refractivity contribution >= 4 is 15.9 Å². The molecule has 1 aliphatic rings. The minimum Gasteiger partial charge on any atom is -0.313 e. The third-order valence-corrected chi connectivity index (χ3v) is 4.82. The van der Waals surface area contributed by atoms with E-state index in [1.54, 1.807) is 12.1 Å². The SMILES string of the molecule is CC1CCC(CCNCc2ccc(Br)c(F)c2)CC1. The van der Waals surface area contributed by atoms with Crippen molar-refractivity contribution in [1.29, 1.82) is 0 Å². The van der Waals surface area contributed by atoms with Crippen molar-refractivity contribution in [2.45, 2.75) is 45.6 Å². The Balaban J connectivity index is 1.65. The molecule has 1 aliphatic carbocycles. The molecular weight excluding hydrogens is 305 g/mol. The minimum atomic E-state index is -0.180. The number of hydrogen-bond donors (Lipinski definition) is 1. The van der Waals surface area contributed by atoms with E-state index in [-0.39, 0.29) is 5.82 Å². The summed E-state index contributed by atoms with van der Waals surface area (Å²) >= 11 is 3.17. The van der Waals surface area contributed by atoms with Crippen LogP contribution >= 0.6 is 15.9 Å². The molecule has 106 valence electrons. The van der Waals surface area contributed by atoms with Crippen molar-refractivity contribution < 1.29 is 4.39 Å². The first-order valence-corrected chi connectivity index (χ1v) is 8.09. The first kappa shape index (κ1) is 15.0. The smallest absolute Gasteiger partial charge is 0.137 e. The summed E-state index contributed by atoms with van der Waals surface area (Å²) in [4.78, 5) is 0. The molecule has 19 heavy (non-hydrogen) atoms. The van der Waals surface area contributed by atoms with E-state index in [0.717, 1.165) is 30.5 Å². The molecule has 0 aliphatic heterocycles. The zero-order valence-corrected chi connectivity index (χ0v) is 13.2. The Kier molecular flexibility index (Phi) is 5.83. The van der Waals surface area contributed by atoms with Crippen LogP contribution in [0.2, 0.25) is 0 Å². The van der Waals surface area contributed by atoms with Crippen LogP contribution < -0.4 is 5.32 Å². The highest BCUT2D eigenvalue weighted by molar-refractivity contribution is 9.10. The third-order valence-electron chi connectivity index (χ3n) is 4.18. The monoisotopic (exact) mass is 327 g/mol. The summed E-state index contributed by atoms with van der Waals surface area (Å²) in [6, 6.07) is 5.33. The van der Waals surface area contributed by atoms with Gasteiger partial charge in [0.25, 0.3) is 0 Å². The Labute approximate surface area is 124 Å². The molecule has 1 N–H and O–H groups in total. The number of halogens is 2. The maximum atomic E-state index is 13.3. The molecule has 0 unspecified atom stereocenters. The van der Waals surface area contributed by atoms with Gasteiger partial charge in [0.2, 0.25) is 0 Å². The minimum absolute atomic E-state index is 0.180. The summed E-state index contributed by atoms with van der Waals surface area (Å²) in [5, 5.41) is 3.42. The van der Waals surface area contributed by atoms with Crippen molar-refractivity contribution in [3.05, 3.63) is 34.1 Å². The Bertz CT molecular complexity index is 400. The summed E-state index contributed by atoms with van der Waals surface area (Å²) in [6.07, 6.45) is 6.81. The highest BCUT2D eigenvalue weighted by Gasteiger charge is 2.17. The van der Waals surface area contributed by atoms with E-state index < -0.39 is 0 Å². The van der Waals surface area contributed by atoms with E-state index in [0.29, 0.717) is 4.47 Å². The molecule has 0 amide bonds. The van der Waals surface area contributed by atoms with Crippen molar-refractivity contribution in [1.82, 2.24) is 5.32 Å². The van der Waals surface area contributed by atoms with E-state index in [1.807, 2.05) is 6.07 Å². The van der Waals surface area contributed by atoms with Crippen LogP contribution in [0.5, 0.6) is 0 Å². The average molecular weight is 328 g/mol. The van der Waals surface area contributed by atoms with Crippen molar-refractivity contribution in [2.75, 3.05) is 6.54 Å². The quantitative estimate of drug-likeness (QED) is 0.759. The molecule has 0 atom stereocenters. The summed E-state index contributed by atoms with van der Waals surface area (Å²) in [5.74, 6) is 1.64. The van der Waals surface area contributed by atoms with Gasteiger partial charge >= 0.3 is 0 Å². The Morgan fingerprint density at radius 1 is 1.26 bits per heavy atom. The van der Waals surface area contributed by atoms with Gasteiger partial charge in [-0.1, -0.05) is 38.7 Å². The second kappa shape index (κ2) is 7.39. The van der Waals surface area contributed by atoms with Gasteiger partial charge in [0.15, 0.2) is 0 Å². The average Bonchev–Trinajstić information content (AvgIpc) is 2.41. The summed E-state index contributed by atoms with van der Waals surface area (Å²) in [7, 11) is 0. The highest BCUT2D eigenvalue weighted by Crippen LogP contribution is 2.29. The van der Waals surface area contributed by atoms with Crippen molar-refractivity contribution in [2.24, 2.45) is 11.8 Å². The van der Waals surface area contributed by atoms with Crippen molar-refractivity contribution in [3.63, 3.8) is 0 Å². The fraction of sp³-hybridized carbons (Fsp3) is 0.625. The second-order valence-corrected chi connectivity index (χ2v) is 6.69. The standard InChI is InChI=1S/C16H23BrFN/c1-12-2-4-13(5-3-12)8-9-19-11-14-6-7-15(17)16(18)10-14/h6-7,10,12-13,19H,2-5,8-9,11H2,1H3. The van der Waals surface area contributed by atoms with E-state index in [1.165, 1.54) is 32.1 Å². The highest BCUT2D eigenvalue weighted by atomic mass is 79.9. The molecular formula is C16H23BrFN. The van der Waals surface area contributed by atoms with Crippen LogP contribution in [0.1, 0.15) is 44.6 Å². The van der Waals surface area contributed by atoms with Crippen molar-refractivity contribution in [3.8, 4) is 0 Å². The third kappa shape index (κ3) is 4.88. The van der Waals surface area contributed by atoms with Crippen LogP contribution in [0.15, 0.2) is 22.7 Å². The molecule has 2 rings (SSSR count). The molecule has 1 aromatic carbocycles. The molecule has 1 saturated carbocycles. The number of rotatable bonds is 5. The largest absolute Gasteiger partial charge is 0.313 e. The van der Waals surface area contributed by atoms with E-state index in [2.05, 4.69) is 28.2 Å². The lowest BCUT2D eigenvalue weighted by Crippen LogP contribution is -2.20. The maximum absolute atomic E-state index is 13.3. The molecule has 1 fully saturated rings. The predicted molar refractivity (Wildman–Crippen MR) is 81.5 cm³/mol. The summed E-state index contributed by atoms with van der Waals surface area (Å²) in [6.45, 7) is 4.15. The Morgan fingerprint density at radius 3 is 2.68 bits per heavy atom. The lowest BCUT2D eigenvalue weighted by molar-refractivity contribution is 0.275. The zero-order chi connectivity index (χ0) is 13.7. The fourth-order valence-electron chi connectivity index (χ4n) is 2.81. The topological polar surface area (TPSA) is 12.0 Å². The van der Waals surface area contributed by atoms with Gasteiger partial charge in [-0.05, 0) is 58.4 Å². The molecule has 0 bridgehead atoms. The lowest BCUT2D eigenvalue weighted by atomic mass is 9.81. The normalized spacial score (nSPS) is 23.5. The van der Waals surface area contributed by atoms with Gasteiger partial charge in [-0.25, -0.2) is 4.39 Å². The number of nitrogens with one attached hydrogen (secondary N) is 1. The summed E-state index contributed by atoms with van der Waals surface area (Å²) in [5.41, 5.74) is 1.01. The first-order valence-electron chi connectivity index (χ1n) is 7.30. The molecule has 1 nitrogen and oxygen atoms in total. The molecule has 0 radical (unpaired) electrons. The maximum Gasteiger partial charge on any atom is 0.137 e. The fourth-order valence-corrected chi connectivity index (χ4v) is 3.05. The van der Waals surface area contributed by atoms with Crippen LogP contribution in [0.25, 0.3) is 0 Å². The molecule has 0 aromatic heterocycles. The molecule has 3 heteroatoms. The Hall–Kier alpha value is -0.410. The van der Waals surface area contributed by atoms with Crippen LogP contribution in [0.4, 0.5) is 4.39 Å². The van der Waals surface area contributed by atoms with Crippen LogP contribution in [0.3, 0.4) is 0 Å². The van der Waals surface area contributed by atoms with E-state index >= 15 is 0 Å². The predicted octanol–water partition coefficient (Wildman–Crippen LogP) is 4.89. The van der Waals surface area contributed by atoms with Gasteiger partial charge in [-0.2, -0.15) is 0 Å². The molecule has 0 spiro atoms. The van der Waals surface area contributed by atoms with Crippen LogP contribution in [-0.2, 0) is 6.54 Å². The van der Waals surface area contributed by atoms with Gasteiger partial charge in [0, 0.05) is 6.54 Å². The zero-order valence-electron chi connectivity index (χ0n) is 11.6. The van der Waals surface area contributed by atoms with Gasteiger partial charge in [-0.15, -0.1) is 0 Å². The van der Waals surface area contributed by atoms with Gasteiger partial charge in [0.1, 0.15) is 5.82 Å². The van der Waals surface area contributed by atoms with Gasteiger partial charge < -0.3 is 5.32 Å². The van der Waals surface area contributed by atoms with E-state index in [4.69, 9.17) is 0 Å². The first-order chi connectivity index (χ1) is 9.15. The lowest BCUT2D eigenvalue weighted by Gasteiger charge is -2.26. The Morgan fingerprint density at radius 2 is 2.00 bits per heavy atom. The second-order valence-electron chi connectivity index (χ2n) is 5.84. The van der Waals surface area contributed by atoms with Gasteiger partial charge in [-0.3, -0.25) is 0 Å². The van der Waals surface area contributed by atoms with Crippen LogP contribution in [-0.4, -0.2) is 6.54 Å². The number of hydrogen-bond acceptors (Lipinski definition) is 1. The summed E-state index contributed by atoms with van der Waals surface area (Å²) < 4.78 is 13.9. The molecule has 0 saturated heterocycles. The van der Waals surface area contributed by atoms with Gasteiger partial charge in [0.05, 0.1) is 4.47 Å². The van der Waals surface area contributed by atoms with Crippen LogP contribution in [0, 0.1) is 17.7 Å². The molecule has 1 aromatic rings. The number of benzene rings is 1.